The van der Waals surface area contributed by atoms with Crippen LogP contribution in [0.25, 0.3) is 0 Å². The highest BCUT2D eigenvalue weighted by Crippen LogP contribution is 2.38. The maximum absolute atomic E-state index is 12.5. The predicted molar refractivity (Wildman–Crippen MR) is 91.8 cm³/mol. The van der Waals surface area contributed by atoms with E-state index in [-0.39, 0.29) is 11.4 Å². The molecule has 3 aliphatic heterocycles. The molecule has 1 atom stereocenters. The van der Waals surface area contributed by atoms with Gasteiger partial charge in [-0.15, -0.1) is 0 Å². The lowest BCUT2D eigenvalue weighted by Gasteiger charge is -2.32. The van der Waals surface area contributed by atoms with Crippen molar-refractivity contribution in [3.63, 3.8) is 0 Å². The quantitative estimate of drug-likeness (QED) is 0.895. The van der Waals surface area contributed by atoms with Crippen molar-refractivity contribution >= 4 is 5.91 Å². The van der Waals surface area contributed by atoms with Gasteiger partial charge in [-0.05, 0) is 75.4 Å². The zero-order valence-corrected chi connectivity index (χ0v) is 13.8. The molecule has 3 fully saturated rings. The molecule has 1 aromatic carbocycles. The van der Waals surface area contributed by atoms with Gasteiger partial charge in [-0.1, -0.05) is 12.1 Å². The molecule has 1 unspecified atom stereocenters. The van der Waals surface area contributed by atoms with E-state index in [0.29, 0.717) is 5.92 Å². The first-order chi connectivity index (χ1) is 11.3. The number of hydrogen-bond acceptors (Lipinski definition) is 3. The van der Waals surface area contributed by atoms with Crippen LogP contribution in [0.2, 0.25) is 0 Å². The lowest BCUT2D eigenvalue weighted by Crippen LogP contribution is -2.48. The van der Waals surface area contributed by atoms with E-state index < -0.39 is 0 Å². The number of fused-ring (bicyclic) bond motifs is 1. The van der Waals surface area contributed by atoms with Gasteiger partial charge >= 0.3 is 0 Å². The zero-order valence-electron chi connectivity index (χ0n) is 13.8. The molecule has 4 rings (SSSR count). The van der Waals surface area contributed by atoms with Gasteiger partial charge in [0.25, 0.3) is 5.91 Å². The third kappa shape index (κ3) is 2.90. The first-order valence-electron chi connectivity index (χ1n) is 9.11. The second-order valence-corrected chi connectivity index (χ2v) is 7.41. The minimum Gasteiger partial charge on any atom is -0.350 e. The van der Waals surface area contributed by atoms with Crippen LogP contribution in [0.4, 0.5) is 0 Å². The van der Waals surface area contributed by atoms with Crippen molar-refractivity contribution in [3.05, 3.63) is 35.4 Å². The van der Waals surface area contributed by atoms with E-state index in [9.17, 15) is 4.79 Å². The SMILES string of the molecule is O=C(NCC12CCCN1CCC2)c1ccc(C2CCNC2)cc1. The smallest absolute Gasteiger partial charge is 0.251 e. The summed E-state index contributed by atoms with van der Waals surface area (Å²) in [5.74, 6) is 0.686. The van der Waals surface area contributed by atoms with E-state index >= 15 is 0 Å². The third-order valence-corrected chi connectivity index (χ3v) is 6.09. The van der Waals surface area contributed by atoms with Crippen LogP contribution in [0.15, 0.2) is 24.3 Å². The van der Waals surface area contributed by atoms with E-state index in [1.807, 2.05) is 12.1 Å². The fourth-order valence-corrected chi connectivity index (χ4v) is 4.71. The maximum Gasteiger partial charge on any atom is 0.251 e. The summed E-state index contributed by atoms with van der Waals surface area (Å²) in [5.41, 5.74) is 2.40. The molecular weight excluding hydrogens is 286 g/mol. The zero-order chi connectivity index (χ0) is 15.7. The fraction of sp³-hybridized carbons (Fsp3) is 0.632. The van der Waals surface area contributed by atoms with Gasteiger partial charge in [0, 0.05) is 24.2 Å². The van der Waals surface area contributed by atoms with Crippen LogP contribution in [0, 0.1) is 0 Å². The standard InChI is InChI=1S/C19H27N3O/c23-18(21-14-19-8-1-11-22(19)12-2-9-19)16-5-3-15(4-6-16)17-7-10-20-13-17/h3-6,17,20H,1-2,7-14H2,(H,21,23). The van der Waals surface area contributed by atoms with Gasteiger partial charge in [0.2, 0.25) is 0 Å². The first kappa shape index (κ1) is 15.2. The van der Waals surface area contributed by atoms with Crippen LogP contribution < -0.4 is 10.6 Å². The normalized spacial score (nSPS) is 26.3. The van der Waals surface area contributed by atoms with Gasteiger partial charge < -0.3 is 10.6 Å². The number of hydrogen-bond donors (Lipinski definition) is 2. The summed E-state index contributed by atoms with van der Waals surface area (Å²) < 4.78 is 0. The molecule has 0 aromatic heterocycles. The van der Waals surface area contributed by atoms with E-state index in [4.69, 9.17) is 0 Å². The Kier molecular flexibility index (Phi) is 4.12. The van der Waals surface area contributed by atoms with E-state index in [1.54, 1.807) is 0 Å². The molecule has 0 saturated carbocycles. The van der Waals surface area contributed by atoms with E-state index in [0.717, 1.165) is 25.2 Å². The van der Waals surface area contributed by atoms with Gasteiger partial charge in [0.05, 0.1) is 0 Å². The van der Waals surface area contributed by atoms with Crippen molar-refractivity contribution in [1.82, 2.24) is 15.5 Å². The molecule has 0 radical (unpaired) electrons. The van der Waals surface area contributed by atoms with Crippen molar-refractivity contribution in [2.75, 3.05) is 32.7 Å². The van der Waals surface area contributed by atoms with Gasteiger partial charge in [0.15, 0.2) is 0 Å². The number of benzene rings is 1. The largest absolute Gasteiger partial charge is 0.350 e. The maximum atomic E-state index is 12.5. The molecule has 1 aromatic rings. The molecule has 4 nitrogen and oxygen atoms in total. The Balaban J connectivity index is 1.37. The van der Waals surface area contributed by atoms with Gasteiger partial charge in [-0.2, -0.15) is 0 Å². The van der Waals surface area contributed by atoms with Crippen LogP contribution in [0.5, 0.6) is 0 Å². The number of nitrogens with one attached hydrogen (secondary N) is 2. The van der Waals surface area contributed by atoms with Gasteiger partial charge in [-0.25, -0.2) is 0 Å². The Morgan fingerprint density at radius 1 is 1.22 bits per heavy atom. The molecule has 0 aliphatic carbocycles. The lowest BCUT2D eigenvalue weighted by atomic mass is 9.94. The number of carbonyl (C=O) groups excluding carboxylic acids is 1. The number of rotatable bonds is 4. The van der Waals surface area contributed by atoms with Crippen molar-refractivity contribution in [3.8, 4) is 0 Å². The summed E-state index contributed by atoms with van der Waals surface area (Å²) in [4.78, 5) is 15.1. The Labute approximate surface area is 138 Å². The molecule has 2 N–H and O–H groups in total. The monoisotopic (exact) mass is 313 g/mol. The molecule has 23 heavy (non-hydrogen) atoms. The fourth-order valence-electron chi connectivity index (χ4n) is 4.71. The van der Waals surface area contributed by atoms with Crippen LogP contribution in [-0.4, -0.2) is 49.1 Å². The Hall–Kier alpha value is -1.39. The molecule has 3 saturated heterocycles. The minimum absolute atomic E-state index is 0.0780. The van der Waals surface area contributed by atoms with E-state index in [1.165, 1.54) is 50.8 Å². The van der Waals surface area contributed by atoms with Crippen LogP contribution in [0.3, 0.4) is 0 Å². The van der Waals surface area contributed by atoms with Crippen molar-refractivity contribution in [2.24, 2.45) is 0 Å². The Morgan fingerprint density at radius 2 is 1.96 bits per heavy atom. The Bertz CT molecular complexity index is 552. The van der Waals surface area contributed by atoms with Crippen LogP contribution in [-0.2, 0) is 0 Å². The summed E-state index contributed by atoms with van der Waals surface area (Å²) in [6.45, 7) is 5.38. The molecule has 0 spiro atoms. The number of amides is 1. The first-order valence-corrected chi connectivity index (χ1v) is 9.11. The van der Waals surface area contributed by atoms with Gasteiger partial charge in [0.1, 0.15) is 0 Å². The lowest BCUT2D eigenvalue weighted by molar-refractivity contribution is 0.0919. The average molecular weight is 313 g/mol. The topological polar surface area (TPSA) is 44.4 Å². The van der Waals surface area contributed by atoms with Crippen molar-refractivity contribution in [2.45, 2.75) is 43.6 Å². The summed E-state index contributed by atoms with van der Waals surface area (Å²) >= 11 is 0. The average Bonchev–Trinajstić information content (AvgIpc) is 3.29. The summed E-state index contributed by atoms with van der Waals surface area (Å²) in [6, 6.07) is 8.23. The molecule has 3 heterocycles. The van der Waals surface area contributed by atoms with Crippen LogP contribution >= 0.6 is 0 Å². The summed E-state index contributed by atoms with van der Waals surface area (Å²) in [7, 11) is 0. The van der Waals surface area contributed by atoms with Crippen molar-refractivity contribution in [1.29, 1.82) is 0 Å². The van der Waals surface area contributed by atoms with Crippen LogP contribution in [0.1, 0.15) is 53.9 Å². The molecule has 124 valence electrons. The molecular formula is C19H27N3O. The summed E-state index contributed by atoms with van der Waals surface area (Å²) in [5, 5.41) is 6.60. The molecule has 1 amide bonds. The highest BCUT2D eigenvalue weighted by atomic mass is 16.1. The highest BCUT2D eigenvalue weighted by molar-refractivity contribution is 5.94. The summed E-state index contributed by atoms with van der Waals surface area (Å²) in [6.07, 6.45) is 6.23. The third-order valence-electron chi connectivity index (χ3n) is 6.09. The second kappa shape index (κ2) is 6.25. The molecule has 0 bridgehead atoms. The number of carbonyl (C=O) groups is 1. The van der Waals surface area contributed by atoms with E-state index in [2.05, 4.69) is 27.7 Å². The Morgan fingerprint density at radius 3 is 2.61 bits per heavy atom. The molecule has 4 heteroatoms. The molecule has 3 aliphatic rings. The highest BCUT2D eigenvalue weighted by Gasteiger charge is 2.44. The minimum atomic E-state index is 0.0780. The number of nitrogens with zero attached hydrogens (tertiary/aromatic N) is 1. The van der Waals surface area contributed by atoms with Gasteiger partial charge in [-0.3, -0.25) is 9.69 Å². The van der Waals surface area contributed by atoms with Crippen molar-refractivity contribution < 1.29 is 4.79 Å². The second-order valence-electron chi connectivity index (χ2n) is 7.41. The predicted octanol–water partition coefficient (Wildman–Crippen LogP) is 2.12.